The Kier molecular flexibility index (Phi) is 11.7. The van der Waals surface area contributed by atoms with Gasteiger partial charge in [-0.25, -0.2) is 0 Å². The fourth-order valence-electron chi connectivity index (χ4n) is 1.37. The molecule has 0 saturated carbocycles. The van der Waals surface area contributed by atoms with Crippen molar-refractivity contribution in [3.05, 3.63) is 22.1 Å². The number of alkyl halides is 9. The van der Waals surface area contributed by atoms with Crippen molar-refractivity contribution >= 4 is 30.4 Å². The van der Waals surface area contributed by atoms with Crippen LogP contribution in [0.2, 0.25) is 26.1 Å². The second-order valence-electron chi connectivity index (χ2n) is 10.3. The molecule has 0 aromatic carbocycles. The molecule has 0 aliphatic heterocycles. The predicted molar refractivity (Wildman–Crippen MR) is 104 cm³/mol. The van der Waals surface area contributed by atoms with Crippen LogP contribution in [0.4, 0.5) is 39.5 Å². The molecule has 0 atom stereocenters. The molecule has 0 fully saturated rings. The standard InChI is InChI=1S/C5H5.3CHF3O3S.5CH3.Ti/c1-2-4-5-3-1;3*2-1(3,4)8(5,6)7;;;;;;/h1-3H,4H2;3*(H,5,6,7);5*1H3;. The first kappa shape index (κ1) is 38.8. The normalized spacial score (nSPS) is 17.2. The van der Waals surface area contributed by atoms with E-state index in [9.17, 15) is 39.5 Å². The van der Waals surface area contributed by atoms with E-state index in [-0.39, 0.29) is 0 Å². The third-order valence-corrected chi connectivity index (χ3v) is 10.6. The Morgan fingerprint density at radius 3 is 0.886 bits per heavy atom. The van der Waals surface area contributed by atoms with E-state index in [0.717, 1.165) is 0 Å². The molecule has 0 aromatic heterocycles. The van der Waals surface area contributed by atoms with Gasteiger partial charge in [-0.15, -0.1) is 0 Å². The van der Waals surface area contributed by atoms with E-state index in [4.69, 9.17) is 38.9 Å². The summed E-state index contributed by atoms with van der Waals surface area (Å²) in [4.78, 5) is 0. The van der Waals surface area contributed by atoms with Crippen molar-refractivity contribution in [2.24, 2.45) is 0 Å². The van der Waals surface area contributed by atoms with Crippen molar-refractivity contribution in [3.63, 3.8) is 0 Å². The Hall–Kier alpha value is -0.706. The molecule has 22 heteroatoms. The topological polar surface area (TPSA) is 163 Å². The van der Waals surface area contributed by atoms with Crippen LogP contribution in [0.25, 0.3) is 0 Å². The molecule has 3 N–H and O–H groups in total. The van der Waals surface area contributed by atoms with Gasteiger partial charge < -0.3 is 0 Å². The van der Waals surface area contributed by atoms with Crippen molar-refractivity contribution in [2.75, 3.05) is 0 Å². The molecule has 1 aliphatic rings. The molecule has 0 saturated heterocycles. The fraction of sp³-hybridized carbons (Fsp3) is 0.692. The summed E-state index contributed by atoms with van der Waals surface area (Å²) in [7, 11) is -17.5. The molecule has 0 heterocycles. The maximum absolute atomic E-state index is 10.7. The maximum atomic E-state index is 10.7. The summed E-state index contributed by atoms with van der Waals surface area (Å²) in [6, 6.07) is 0. The van der Waals surface area contributed by atoms with Crippen LogP contribution in [0.1, 0.15) is 6.42 Å². The van der Waals surface area contributed by atoms with Gasteiger partial charge in [-0.3, -0.25) is 13.7 Å². The number of hydrogen-bond donors (Lipinski definition) is 3. The summed E-state index contributed by atoms with van der Waals surface area (Å²) >= 11 is -2.61. The van der Waals surface area contributed by atoms with Crippen LogP contribution in [0, 0.1) is 0 Å². The molecule has 0 aromatic rings. The molecule has 0 bridgehead atoms. The minimum atomic E-state index is -5.84. The third kappa shape index (κ3) is 17.4. The molecule has 0 spiro atoms. The van der Waals surface area contributed by atoms with Gasteiger partial charge in [0.15, 0.2) is 0 Å². The van der Waals surface area contributed by atoms with E-state index in [1.54, 1.807) is 3.88 Å². The van der Waals surface area contributed by atoms with Crippen LogP contribution < -0.4 is 0 Å². The first-order chi connectivity index (χ1) is 14.3. The number of allylic oxidation sites excluding steroid dienone is 4. The van der Waals surface area contributed by atoms with Gasteiger partial charge in [0.1, 0.15) is 0 Å². The van der Waals surface area contributed by atoms with E-state index >= 15 is 0 Å². The van der Waals surface area contributed by atoms with Crippen LogP contribution in [-0.2, 0) is 44.4 Å². The molecular weight excluding hydrogens is 615 g/mol. The van der Waals surface area contributed by atoms with Crippen LogP contribution >= 0.6 is 0 Å². The molecular formula is C13H23F9O9S3Ti. The van der Waals surface area contributed by atoms with Crippen molar-refractivity contribution < 1.29 is 92.4 Å². The van der Waals surface area contributed by atoms with Crippen LogP contribution in [0.3, 0.4) is 0 Å². The van der Waals surface area contributed by atoms with Gasteiger partial charge in [0.25, 0.3) is 0 Å². The van der Waals surface area contributed by atoms with E-state index in [2.05, 4.69) is 44.4 Å². The van der Waals surface area contributed by atoms with Gasteiger partial charge in [0.2, 0.25) is 0 Å². The monoisotopic (exact) mass is 638 g/mol. The molecule has 0 radical (unpaired) electrons. The van der Waals surface area contributed by atoms with Gasteiger partial charge in [-0.05, 0) is 0 Å². The average molecular weight is 638 g/mol. The van der Waals surface area contributed by atoms with Crippen molar-refractivity contribution in [1.82, 2.24) is 0 Å². The van der Waals surface area contributed by atoms with E-state index < -0.39 is 60.9 Å². The Labute approximate surface area is 193 Å². The van der Waals surface area contributed by atoms with Crippen molar-refractivity contribution in [3.8, 4) is 0 Å². The second kappa shape index (κ2) is 10.6. The third-order valence-electron chi connectivity index (χ3n) is 3.25. The van der Waals surface area contributed by atoms with E-state index in [1.807, 2.05) is 0 Å². The molecule has 9 nitrogen and oxygen atoms in total. The summed E-state index contributed by atoms with van der Waals surface area (Å²) in [6.45, 7) is 0. The summed E-state index contributed by atoms with van der Waals surface area (Å²) < 4.78 is 174. The Bertz CT molecular complexity index is 1010. The zero-order chi connectivity index (χ0) is 29.8. The summed E-state index contributed by atoms with van der Waals surface area (Å²) in [6.07, 6.45) is 7.98. The van der Waals surface area contributed by atoms with Crippen molar-refractivity contribution in [2.45, 2.75) is 49.1 Å². The minimum absolute atomic E-state index is 1.20. The summed E-state index contributed by atoms with van der Waals surface area (Å²) in [5.41, 5.74) is -16.6. The molecule has 0 amide bonds. The first-order valence-corrected chi connectivity index (χ1v) is 21.2. The van der Waals surface area contributed by atoms with Gasteiger partial charge in [-0.2, -0.15) is 64.8 Å². The molecule has 1 rings (SSSR count). The fourth-order valence-corrected chi connectivity index (χ4v) is 4.60. The van der Waals surface area contributed by atoms with Crippen LogP contribution in [0.15, 0.2) is 22.1 Å². The average Bonchev–Trinajstić information content (AvgIpc) is 2.95. The van der Waals surface area contributed by atoms with Gasteiger partial charge >= 0.3 is 116 Å². The molecule has 0 unspecified atom stereocenters. The van der Waals surface area contributed by atoms with Gasteiger partial charge in [0.05, 0.1) is 0 Å². The van der Waals surface area contributed by atoms with Crippen LogP contribution in [-0.4, -0.2) is 55.4 Å². The van der Waals surface area contributed by atoms with E-state index in [0.29, 0.717) is 0 Å². The molecule has 214 valence electrons. The Morgan fingerprint density at radius 1 is 0.629 bits per heavy atom. The van der Waals surface area contributed by atoms with E-state index in [1.165, 1.54) is 6.42 Å². The molecule has 1 aliphatic carbocycles. The van der Waals surface area contributed by atoms with Crippen LogP contribution in [0.5, 0.6) is 0 Å². The predicted octanol–water partition coefficient (Wildman–Crippen LogP) is 5.48. The molecule has 35 heavy (non-hydrogen) atoms. The number of halogens is 9. The number of rotatable bonds is 1. The zero-order valence-electron chi connectivity index (χ0n) is 18.4. The van der Waals surface area contributed by atoms with Crippen molar-refractivity contribution in [1.29, 1.82) is 0 Å². The quantitative estimate of drug-likeness (QED) is 0.146. The summed E-state index contributed by atoms with van der Waals surface area (Å²) in [5, 5.41) is 12.4. The second-order valence-corrected chi connectivity index (χ2v) is 35.1. The Balaban J connectivity index is -0.000000396. The zero-order valence-corrected chi connectivity index (χ0v) is 22.4. The number of hydrogen-bond acceptors (Lipinski definition) is 6. The van der Waals surface area contributed by atoms with Gasteiger partial charge in [0, 0.05) is 0 Å². The Morgan fingerprint density at radius 2 is 0.829 bits per heavy atom. The van der Waals surface area contributed by atoms with Gasteiger partial charge in [-0.1, -0.05) is 0 Å². The first-order valence-electron chi connectivity index (χ1n) is 8.33. The summed E-state index contributed by atoms with van der Waals surface area (Å²) in [5.74, 6) is 0. The SMILES string of the molecule is O=S(=O)(O)C(F)(F)F.O=S(=O)(O)C(F)(F)F.O=S(=O)(O)C(F)(F)F.[CH3][Ti]([CH3])([CH3])([CH3])([CH3])[C]1=CC=CC1.